The molecule has 1 unspecified atom stereocenters. The van der Waals surface area contributed by atoms with E-state index in [9.17, 15) is 0 Å². The molecule has 0 bridgehead atoms. The molecule has 0 amide bonds. The zero-order chi connectivity index (χ0) is 8.10. The summed E-state index contributed by atoms with van der Waals surface area (Å²) in [6, 6.07) is 0.140. The van der Waals surface area contributed by atoms with Gasteiger partial charge in [0.25, 0.3) is 0 Å². The normalized spacial score (nSPS) is 12.9. The Morgan fingerprint density at radius 2 is 2.64 bits per heavy atom. The first-order chi connectivity index (χ1) is 5.36. The SMILES string of the molecule is CCC(CO)Nc1nccs1. The molecule has 0 aliphatic carbocycles. The van der Waals surface area contributed by atoms with Crippen LogP contribution in [0.5, 0.6) is 0 Å². The van der Waals surface area contributed by atoms with Crippen LogP contribution in [0, 0.1) is 0 Å². The lowest BCUT2D eigenvalue weighted by Gasteiger charge is -2.11. The van der Waals surface area contributed by atoms with Crippen molar-refractivity contribution in [2.45, 2.75) is 19.4 Å². The standard InChI is InChI=1S/C7H12N2OS/c1-2-6(5-10)9-7-8-3-4-11-7/h3-4,6,10H,2,5H2,1H3,(H,8,9). The highest BCUT2D eigenvalue weighted by atomic mass is 32.1. The zero-order valence-corrected chi connectivity index (χ0v) is 7.27. The van der Waals surface area contributed by atoms with Gasteiger partial charge in [0.2, 0.25) is 0 Å². The summed E-state index contributed by atoms with van der Waals surface area (Å²) in [6.45, 7) is 2.19. The molecule has 0 saturated heterocycles. The summed E-state index contributed by atoms with van der Waals surface area (Å²) in [7, 11) is 0. The van der Waals surface area contributed by atoms with Crippen molar-refractivity contribution in [2.24, 2.45) is 0 Å². The van der Waals surface area contributed by atoms with Gasteiger partial charge in [0.15, 0.2) is 5.13 Å². The lowest BCUT2D eigenvalue weighted by Crippen LogP contribution is -2.22. The van der Waals surface area contributed by atoms with E-state index in [2.05, 4.69) is 10.3 Å². The Morgan fingerprint density at radius 1 is 1.82 bits per heavy atom. The monoisotopic (exact) mass is 172 g/mol. The molecule has 0 spiro atoms. The van der Waals surface area contributed by atoms with Gasteiger partial charge in [-0.1, -0.05) is 6.92 Å². The van der Waals surface area contributed by atoms with Crippen molar-refractivity contribution in [3.8, 4) is 0 Å². The molecule has 1 aromatic heterocycles. The van der Waals surface area contributed by atoms with Gasteiger partial charge < -0.3 is 10.4 Å². The first kappa shape index (κ1) is 8.49. The topological polar surface area (TPSA) is 45.1 Å². The molecule has 4 heteroatoms. The lowest BCUT2D eigenvalue weighted by molar-refractivity contribution is 0.272. The molecule has 1 heterocycles. The molecule has 0 fully saturated rings. The van der Waals surface area contributed by atoms with Crippen molar-refractivity contribution < 1.29 is 5.11 Å². The summed E-state index contributed by atoms with van der Waals surface area (Å²) in [5.74, 6) is 0. The third-order valence-corrected chi connectivity index (χ3v) is 2.18. The molecule has 0 aliphatic heterocycles. The Hall–Kier alpha value is -0.610. The summed E-state index contributed by atoms with van der Waals surface area (Å²) in [4.78, 5) is 4.05. The average molecular weight is 172 g/mol. The zero-order valence-electron chi connectivity index (χ0n) is 6.45. The van der Waals surface area contributed by atoms with E-state index in [1.54, 1.807) is 17.5 Å². The van der Waals surface area contributed by atoms with Crippen molar-refractivity contribution in [2.75, 3.05) is 11.9 Å². The molecular formula is C7H12N2OS. The Balaban J connectivity index is 2.41. The lowest BCUT2D eigenvalue weighted by atomic mass is 10.2. The number of nitrogens with zero attached hydrogens (tertiary/aromatic N) is 1. The number of thiazole rings is 1. The molecule has 0 saturated carbocycles. The van der Waals surface area contributed by atoms with Gasteiger partial charge in [-0.25, -0.2) is 4.98 Å². The number of anilines is 1. The molecule has 1 rings (SSSR count). The fourth-order valence-electron chi connectivity index (χ4n) is 0.746. The van der Waals surface area contributed by atoms with Gasteiger partial charge in [-0.3, -0.25) is 0 Å². The van der Waals surface area contributed by atoms with Crippen LogP contribution in [0.3, 0.4) is 0 Å². The first-order valence-electron chi connectivity index (χ1n) is 3.63. The van der Waals surface area contributed by atoms with Crippen molar-refractivity contribution in [3.05, 3.63) is 11.6 Å². The smallest absolute Gasteiger partial charge is 0.182 e. The van der Waals surface area contributed by atoms with E-state index in [1.165, 1.54) is 0 Å². The van der Waals surface area contributed by atoms with Crippen LogP contribution in [0.15, 0.2) is 11.6 Å². The highest BCUT2D eigenvalue weighted by Gasteiger charge is 2.04. The van der Waals surface area contributed by atoms with Crippen LogP contribution in [0.1, 0.15) is 13.3 Å². The summed E-state index contributed by atoms with van der Waals surface area (Å²) in [6.07, 6.45) is 2.66. The number of hydrogen-bond acceptors (Lipinski definition) is 4. The molecule has 1 aromatic rings. The summed E-state index contributed by atoms with van der Waals surface area (Å²) >= 11 is 1.55. The van der Waals surface area contributed by atoms with Crippen LogP contribution in [-0.4, -0.2) is 22.7 Å². The molecule has 3 nitrogen and oxygen atoms in total. The maximum atomic E-state index is 8.84. The molecule has 0 aliphatic rings. The van der Waals surface area contributed by atoms with E-state index in [1.807, 2.05) is 12.3 Å². The largest absolute Gasteiger partial charge is 0.394 e. The molecular weight excluding hydrogens is 160 g/mol. The average Bonchev–Trinajstić information content (AvgIpc) is 2.52. The van der Waals surface area contributed by atoms with Crippen LogP contribution in [0.4, 0.5) is 5.13 Å². The number of aromatic nitrogens is 1. The Kier molecular flexibility index (Phi) is 3.32. The van der Waals surface area contributed by atoms with E-state index in [4.69, 9.17) is 5.11 Å². The van der Waals surface area contributed by atoms with E-state index >= 15 is 0 Å². The molecule has 2 N–H and O–H groups in total. The van der Waals surface area contributed by atoms with Gasteiger partial charge in [-0.2, -0.15) is 0 Å². The third kappa shape index (κ3) is 2.48. The van der Waals surface area contributed by atoms with Crippen LogP contribution in [0.25, 0.3) is 0 Å². The van der Waals surface area contributed by atoms with Crippen molar-refractivity contribution in [3.63, 3.8) is 0 Å². The van der Waals surface area contributed by atoms with Crippen molar-refractivity contribution in [1.82, 2.24) is 4.98 Å². The summed E-state index contributed by atoms with van der Waals surface area (Å²) < 4.78 is 0. The predicted molar refractivity (Wildman–Crippen MR) is 46.9 cm³/mol. The minimum Gasteiger partial charge on any atom is -0.394 e. The highest BCUT2D eigenvalue weighted by Crippen LogP contribution is 2.12. The van der Waals surface area contributed by atoms with Crippen LogP contribution < -0.4 is 5.32 Å². The fourth-order valence-corrected chi connectivity index (χ4v) is 1.35. The van der Waals surface area contributed by atoms with Gasteiger partial charge in [-0.15, -0.1) is 11.3 Å². The van der Waals surface area contributed by atoms with E-state index in [-0.39, 0.29) is 12.6 Å². The minimum atomic E-state index is 0.140. The number of aliphatic hydroxyl groups excluding tert-OH is 1. The van der Waals surface area contributed by atoms with E-state index in [0.717, 1.165) is 11.6 Å². The fraction of sp³-hybridized carbons (Fsp3) is 0.571. The molecule has 62 valence electrons. The van der Waals surface area contributed by atoms with Crippen LogP contribution in [0.2, 0.25) is 0 Å². The number of rotatable bonds is 4. The second kappa shape index (κ2) is 4.31. The second-order valence-electron chi connectivity index (χ2n) is 2.27. The summed E-state index contributed by atoms with van der Waals surface area (Å²) in [5, 5.41) is 14.7. The molecule has 11 heavy (non-hydrogen) atoms. The Morgan fingerprint density at radius 3 is 3.09 bits per heavy atom. The van der Waals surface area contributed by atoms with Gasteiger partial charge >= 0.3 is 0 Å². The Bertz CT molecular complexity index is 184. The van der Waals surface area contributed by atoms with E-state index in [0.29, 0.717) is 0 Å². The molecule has 0 aromatic carbocycles. The number of aliphatic hydroxyl groups is 1. The molecule has 1 atom stereocenters. The maximum absolute atomic E-state index is 8.84. The summed E-state index contributed by atoms with van der Waals surface area (Å²) in [5.41, 5.74) is 0. The first-order valence-corrected chi connectivity index (χ1v) is 4.51. The van der Waals surface area contributed by atoms with Crippen LogP contribution >= 0.6 is 11.3 Å². The predicted octanol–water partition coefficient (Wildman–Crippen LogP) is 1.33. The van der Waals surface area contributed by atoms with E-state index < -0.39 is 0 Å². The minimum absolute atomic E-state index is 0.140. The van der Waals surface area contributed by atoms with Crippen LogP contribution in [-0.2, 0) is 0 Å². The molecule has 0 radical (unpaired) electrons. The van der Waals surface area contributed by atoms with Gasteiger partial charge in [0, 0.05) is 11.6 Å². The quantitative estimate of drug-likeness (QED) is 0.720. The number of nitrogens with one attached hydrogen (secondary N) is 1. The van der Waals surface area contributed by atoms with Gasteiger partial charge in [-0.05, 0) is 6.42 Å². The highest BCUT2D eigenvalue weighted by molar-refractivity contribution is 7.13. The van der Waals surface area contributed by atoms with Gasteiger partial charge in [0.1, 0.15) is 0 Å². The maximum Gasteiger partial charge on any atom is 0.182 e. The third-order valence-electron chi connectivity index (χ3n) is 1.47. The number of hydrogen-bond donors (Lipinski definition) is 2. The van der Waals surface area contributed by atoms with Gasteiger partial charge in [0.05, 0.1) is 12.6 Å². The van der Waals surface area contributed by atoms with Crippen molar-refractivity contribution in [1.29, 1.82) is 0 Å². The Labute approximate surface area is 70.1 Å². The van der Waals surface area contributed by atoms with Crippen molar-refractivity contribution >= 4 is 16.5 Å². The second-order valence-corrected chi connectivity index (χ2v) is 3.16.